The molecule has 0 saturated heterocycles. The summed E-state index contributed by atoms with van der Waals surface area (Å²) in [6, 6.07) is 8.32. The van der Waals surface area contributed by atoms with Gasteiger partial charge in [-0.1, -0.05) is 6.07 Å². The maximum absolute atomic E-state index is 12.1. The van der Waals surface area contributed by atoms with Crippen molar-refractivity contribution >= 4 is 17.6 Å². The third kappa shape index (κ3) is 3.14. The monoisotopic (exact) mass is 275 g/mol. The topological polar surface area (TPSA) is 93.5 Å². The molecule has 0 aliphatic heterocycles. The maximum Gasteiger partial charge on any atom is 0.325 e. The molecule has 0 aliphatic rings. The Morgan fingerprint density at radius 2 is 2.20 bits per heavy atom. The molecule has 2 aromatic rings. The van der Waals surface area contributed by atoms with Gasteiger partial charge in [-0.05, 0) is 18.2 Å². The first-order chi connectivity index (χ1) is 9.60. The summed E-state index contributed by atoms with van der Waals surface area (Å²) in [7, 11) is 1.53. The fraction of sp³-hybridized carbons (Fsp3) is 0.154. The summed E-state index contributed by atoms with van der Waals surface area (Å²) in [5.41, 5.74) is 0.729. The van der Waals surface area contributed by atoms with Crippen LogP contribution in [0.25, 0.3) is 0 Å². The van der Waals surface area contributed by atoms with Gasteiger partial charge in [0, 0.05) is 18.0 Å². The molecule has 0 saturated carbocycles. The fourth-order valence-corrected chi connectivity index (χ4v) is 1.68. The maximum atomic E-state index is 12.1. The first-order valence-electron chi connectivity index (χ1n) is 5.79. The first kappa shape index (κ1) is 13.6. The molecule has 2 rings (SSSR count). The van der Waals surface area contributed by atoms with Crippen LogP contribution < -0.4 is 10.1 Å². The number of aromatic nitrogens is 2. The molecule has 0 unspecified atom stereocenters. The zero-order chi connectivity index (χ0) is 14.5. The number of carbonyl (C=O) groups is 2. The number of aliphatic carboxylic acids is 1. The predicted molar refractivity (Wildman–Crippen MR) is 70.8 cm³/mol. The molecular weight excluding hydrogens is 262 g/mol. The number of anilines is 1. The SMILES string of the molecule is COc1cccc(NC(=O)c2ccnn2CC(=O)O)c1. The first-order valence-corrected chi connectivity index (χ1v) is 5.79. The molecular formula is C13H13N3O4. The summed E-state index contributed by atoms with van der Waals surface area (Å²) in [5, 5.41) is 15.2. The Bertz CT molecular complexity index is 636. The van der Waals surface area contributed by atoms with E-state index in [2.05, 4.69) is 10.4 Å². The summed E-state index contributed by atoms with van der Waals surface area (Å²) in [4.78, 5) is 22.7. The minimum absolute atomic E-state index is 0.176. The third-order valence-electron chi connectivity index (χ3n) is 2.56. The van der Waals surface area contributed by atoms with Crippen LogP contribution in [0, 0.1) is 0 Å². The molecule has 1 heterocycles. The Morgan fingerprint density at radius 3 is 2.90 bits per heavy atom. The number of ether oxygens (including phenoxy) is 1. The predicted octanol–water partition coefficient (Wildman–Crippen LogP) is 1.23. The van der Waals surface area contributed by atoms with Crippen molar-refractivity contribution in [2.45, 2.75) is 6.54 Å². The number of benzene rings is 1. The zero-order valence-corrected chi connectivity index (χ0v) is 10.7. The molecule has 0 spiro atoms. The second-order valence-corrected chi connectivity index (χ2v) is 3.95. The van der Waals surface area contributed by atoms with Crippen LogP contribution in [-0.2, 0) is 11.3 Å². The number of nitrogens with one attached hydrogen (secondary N) is 1. The molecule has 7 nitrogen and oxygen atoms in total. The van der Waals surface area contributed by atoms with Crippen molar-refractivity contribution in [1.82, 2.24) is 9.78 Å². The Kier molecular flexibility index (Phi) is 3.99. The minimum atomic E-state index is -1.07. The third-order valence-corrected chi connectivity index (χ3v) is 2.56. The van der Waals surface area contributed by atoms with Crippen molar-refractivity contribution in [2.24, 2.45) is 0 Å². The molecule has 104 valence electrons. The van der Waals surface area contributed by atoms with Gasteiger partial charge in [-0.15, -0.1) is 0 Å². The van der Waals surface area contributed by atoms with Crippen molar-refractivity contribution < 1.29 is 19.4 Å². The van der Waals surface area contributed by atoms with Crippen molar-refractivity contribution in [1.29, 1.82) is 0 Å². The van der Waals surface area contributed by atoms with Crippen LogP contribution in [0.1, 0.15) is 10.5 Å². The van der Waals surface area contributed by atoms with E-state index >= 15 is 0 Å². The highest BCUT2D eigenvalue weighted by molar-refractivity contribution is 6.03. The molecule has 1 amide bonds. The van der Waals surface area contributed by atoms with Crippen LogP contribution in [0.4, 0.5) is 5.69 Å². The lowest BCUT2D eigenvalue weighted by molar-refractivity contribution is -0.137. The van der Waals surface area contributed by atoms with E-state index in [0.29, 0.717) is 11.4 Å². The number of hydrogen-bond acceptors (Lipinski definition) is 4. The van der Waals surface area contributed by atoms with Crippen LogP contribution in [0.15, 0.2) is 36.5 Å². The molecule has 7 heteroatoms. The number of nitrogens with zero attached hydrogens (tertiary/aromatic N) is 2. The van der Waals surface area contributed by atoms with Crippen LogP contribution in [0.3, 0.4) is 0 Å². The van der Waals surface area contributed by atoms with E-state index in [0.717, 1.165) is 4.68 Å². The largest absolute Gasteiger partial charge is 0.497 e. The summed E-state index contributed by atoms with van der Waals surface area (Å²) in [6.45, 7) is -0.367. The molecule has 0 aliphatic carbocycles. The number of carboxylic acid groups (broad SMARTS) is 1. The summed E-state index contributed by atoms with van der Waals surface area (Å²) >= 11 is 0. The average Bonchev–Trinajstić information content (AvgIpc) is 2.86. The summed E-state index contributed by atoms with van der Waals surface area (Å²) in [6.07, 6.45) is 1.38. The average molecular weight is 275 g/mol. The molecule has 0 fully saturated rings. The van der Waals surface area contributed by atoms with Gasteiger partial charge in [0.1, 0.15) is 18.0 Å². The lowest BCUT2D eigenvalue weighted by atomic mass is 10.3. The number of amides is 1. The van der Waals surface area contributed by atoms with Gasteiger partial charge in [0.25, 0.3) is 5.91 Å². The second kappa shape index (κ2) is 5.87. The smallest absolute Gasteiger partial charge is 0.325 e. The summed E-state index contributed by atoms with van der Waals surface area (Å²) < 4.78 is 6.18. The van der Waals surface area contributed by atoms with Gasteiger partial charge >= 0.3 is 5.97 Å². The lowest BCUT2D eigenvalue weighted by Crippen LogP contribution is -2.20. The van der Waals surface area contributed by atoms with Gasteiger partial charge < -0.3 is 15.2 Å². The molecule has 20 heavy (non-hydrogen) atoms. The van der Waals surface area contributed by atoms with E-state index in [4.69, 9.17) is 9.84 Å². The van der Waals surface area contributed by atoms with E-state index in [9.17, 15) is 9.59 Å². The Balaban J connectivity index is 2.15. The molecule has 1 aromatic carbocycles. The molecule has 0 radical (unpaired) electrons. The Hall–Kier alpha value is -2.83. The van der Waals surface area contributed by atoms with E-state index in [-0.39, 0.29) is 12.2 Å². The Labute approximate surface area is 114 Å². The lowest BCUT2D eigenvalue weighted by Gasteiger charge is -2.08. The van der Waals surface area contributed by atoms with Gasteiger partial charge in [-0.25, -0.2) is 4.68 Å². The van der Waals surface area contributed by atoms with E-state index in [1.54, 1.807) is 24.3 Å². The normalized spacial score (nSPS) is 10.1. The fourth-order valence-electron chi connectivity index (χ4n) is 1.68. The molecule has 2 N–H and O–H groups in total. The highest BCUT2D eigenvalue weighted by Crippen LogP contribution is 2.17. The quantitative estimate of drug-likeness (QED) is 0.856. The van der Waals surface area contributed by atoms with Crippen molar-refractivity contribution in [3.63, 3.8) is 0 Å². The number of hydrogen-bond donors (Lipinski definition) is 2. The van der Waals surface area contributed by atoms with Crippen molar-refractivity contribution in [2.75, 3.05) is 12.4 Å². The standard InChI is InChI=1S/C13H13N3O4/c1-20-10-4-2-3-9(7-10)15-13(19)11-5-6-14-16(11)8-12(17)18/h2-7H,8H2,1H3,(H,15,19)(H,17,18). The number of rotatable bonds is 5. The number of carboxylic acids is 1. The molecule has 1 aromatic heterocycles. The highest BCUT2D eigenvalue weighted by Gasteiger charge is 2.14. The van der Waals surface area contributed by atoms with E-state index in [1.165, 1.54) is 19.4 Å². The van der Waals surface area contributed by atoms with Crippen LogP contribution in [-0.4, -0.2) is 33.9 Å². The highest BCUT2D eigenvalue weighted by atomic mass is 16.5. The van der Waals surface area contributed by atoms with Crippen molar-refractivity contribution in [3.05, 3.63) is 42.2 Å². The van der Waals surface area contributed by atoms with Crippen LogP contribution in [0.5, 0.6) is 5.75 Å². The number of methoxy groups -OCH3 is 1. The van der Waals surface area contributed by atoms with E-state index < -0.39 is 11.9 Å². The van der Waals surface area contributed by atoms with Crippen LogP contribution in [0.2, 0.25) is 0 Å². The van der Waals surface area contributed by atoms with Gasteiger partial charge in [0.2, 0.25) is 0 Å². The number of carbonyl (C=O) groups excluding carboxylic acids is 1. The molecule has 0 bridgehead atoms. The zero-order valence-electron chi connectivity index (χ0n) is 10.7. The second-order valence-electron chi connectivity index (χ2n) is 3.95. The van der Waals surface area contributed by atoms with Crippen LogP contribution >= 0.6 is 0 Å². The minimum Gasteiger partial charge on any atom is -0.497 e. The van der Waals surface area contributed by atoms with Gasteiger partial charge in [0.05, 0.1) is 7.11 Å². The van der Waals surface area contributed by atoms with Crippen molar-refractivity contribution in [3.8, 4) is 5.75 Å². The van der Waals surface area contributed by atoms with Gasteiger partial charge in [-0.2, -0.15) is 5.10 Å². The molecule has 0 atom stereocenters. The Morgan fingerprint density at radius 1 is 1.40 bits per heavy atom. The van der Waals surface area contributed by atoms with Gasteiger partial charge in [-0.3, -0.25) is 9.59 Å². The summed E-state index contributed by atoms with van der Waals surface area (Å²) in [5.74, 6) is -0.886. The van der Waals surface area contributed by atoms with E-state index in [1.807, 2.05) is 0 Å². The van der Waals surface area contributed by atoms with Gasteiger partial charge in [0.15, 0.2) is 0 Å².